The summed E-state index contributed by atoms with van der Waals surface area (Å²) in [6.45, 7) is 6.98. The van der Waals surface area contributed by atoms with Gasteiger partial charge in [-0.3, -0.25) is 4.79 Å². The van der Waals surface area contributed by atoms with Gasteiger partial charge in [-0.25, -0.2) is 0 Å². The minimum Gasteiger partial charge on any atom is -0.496 e. The molecule has 2 rings (SSSR count). The molecular formula is C23H31ClN2O4. The number of carbonyl (C=O) groups excluding carboxylic acids is 1. The number of ether oxygens (including phenoxy) is 3. The number of carbonyl (C=O) groups is 1. The molecule has 0 atom stereocenters. The quantitative estimate of drug-likeness (QED) is 0.553. The molecule has 0 heterocycles. The summed E-state index contributed by atoms with van der Waals surface area (Å²) in [7, 11) is 3.24. The molecule has 0 saturated carbocycles. The SMILES string of the molecule is COc1ccccc1CCNCc1cc(OC)c(OCC(=O)NC(C)(C)C)cc1Cl. The molecule has 0 spiro atoms. The fourth-order valence-electron chi connectivity index (χ4n) is 2.94. The molecule has 0 aliphatic carbocycles. The standard InChI is InChI=1S/C23H31ClN2O4/c1-23(2,3)26-22(27)15-30-21-13-18(24)17(12-20(21)29-5)14-25-11-10-16-8-6-7-9-19(16)28-4/h6-9,12-13,25H,10-11,14-15H2,1-5H3,(H,26,27). The Morgan fingerprint density at radius 1 is 1.00 bits per heavy atom. The second-order valence-electron chi connectivity index (χ2n) is 7.92. The van der Waals surface area contributed by atoms with Crippen LogP contribution in [0.1, 0.15) is 31.9 Å². The molecule has 0 saturated heterocycles. The summed E-state index contributed by atoms with van der Waals surface area (Å²) in [6.07, 6.45) is 0.836. The number of benzene rings is 2. The molecular weight excluding hydrogens is 404 g/mol. The minimum absolute atomic E-state index is 0.111. The third-order valence-corrected chi connectivity index (χ3v) is 4.64. The van der Waals surface area contributed by atoms with E-state index in [9.17, 15) is 4.79 Å². The van der Waals surface area contributed by atoms with Gasteiger partial charge in [-0.15, -0.1) is 0 Å². The Labute approximate surface area is 183 Å². The Hall–Kier alpha value is -2.44. The molecule has 0 aliphatic rings. The maximum absolute atomic E-state index is 12.0. The Morgan fingerprint density at radius 3 is 2.37 bits per heavy atom. The van der Waals surface area contributed by atoms with E-state index >= 15 is 0 Å². The number of hydrogen-bond donors (Lipinski definition) is 2. The lowest BCUT2D eigenvalue weighted by molar-refractivity contribution is -0.124. The summed E-state index contributed by atoms with van der Waals surface area (Å²) in [5.41, 5.74) is 1.72. The highest BCUT2D eigenvalue weighted by molar-refractivity contribution is 6.31. The van der Waals surface area contributed by atoms with E-state index in [2.05, 4.69) is 16.7 Å². The van der Waals surface area contributed by atoms with Crippen molar-refractivity contribution < 1.29 is 19.0 Å². The van der Waals surface area contributed by atoms with Gasteiger partial charge in [0.05, 0.1) is 14.2 Å². The molecule has 2 N–H and O–H groups in total. The van der Waals surface area contributed by atoms with Crippen molar-refractivity contribution in [1.29, 1.82) is 0 Å². The van der Waals surface area contributed by atoms with Crippen LogP contribution < -0.4 is 24.8 Å². The zero-order valence-electron chi connectivity index (χ0n) is 18.3. The van der Waals surface area contributed by atoms with Crippen molar-refractivity contribution in [2.24, 2.45) is 0 Å². The monoisotopic (exact) mass is 434 g/mol. The van der Waals surface area contributed by atoms with E-state index in [1.54, 1.807) is 20.3 Å². The van der Waals surface area contributed by atoms with Crippen molar-refractivity contribution in [3.63, 3.8) is 0 Å². The van der Waals surface area contributed by atoms with E-state index in [4.69, 9.17) is 25.8 Å². The van der Waals surface area contributed by atoms with Crippen LogP contribution in [-0.2, 0) is 17.8 Å². The Balaban J connectivity index is 1.93. The molecule has 0 aliphatic heterocycles. The first-order chi connectivity index (χ1) is 14.2. The minimum atomic E-state index is -0.318. The molecule has 0 fully saturated rings. The van der Waals surface area contributed by atoms with E-state index in [-0.39, 0.29) is 18.1 Å². The second kappa shape index (κ2) is 11.1. The van der Waals surface area contributed by atoms with Gasteiger partial charge >= 0.3 is 0 Å². The molecule has 7 heteroatoms. The largest absolute Gasteiger partial charge is 0.496 e. The zero-order valence-corrected chi connectivity index (χ0v) is 19.1. The number of halogens is 1. The van der Waals surface area contributed by atoms with Crippen molar-refractivity contribution in [3.8, 4) is 17.2 Å². The molecule has 0 radical (unpaired) electrons. The normalized spacial score (nSPS) is 11.1. The molecule has 2 aromatic carbocycles. The summed E-state index contributed by atoms with van der Waals surface area (Å²) >= 11 is 6.43. The van der Waals surface area contributed by atoms with Crippen LogP contribution in [0.25, 0.3) is 0 Å². The number of para-hydroxylation sites is 1. The van der Waals surface area contributed by atoms with E-state index in [0.717, 1.165) is 29.8 Å². The maximum Gasteiger partial charge on any atom is 0.258 e. The molecule has 6 nitrogen and oxygen atoms in total. The lowest BCUT2D eigenvalue weighted by Crippen LogP contribution is -2.43. The van der Waals surface area contributed by atoms with Crippen LogP contribution >= 0.6 is 11.6 Å². The van der Waals surface area contributed by atoms with Gasteiger partial charge in [0.15, 0.2) is 18.1 Å². The van der Waals surface area contributed by atoms with Gasteiger partial charge in [-0.05, 0) is 57.0 Å². The van der Waals surface area contributed by atoms with E-state index < -0.39 is 0 Å². The summed E-state index contributed by atoms with van der Waals surface area (Å²) in [5, 5.41) is 6.79. The highest BCUT2D eigenvalue weighted by atomic mass is 35.5. The van der Waals surface area contributed by atoms with Crippen LogP contribution in [-0.4, -0.2) is 38.8 Å². The van der Waals surface area contributed by atoms with Crippen LogP contribution in [0.5, 0.6) is 17.2 Å². The Morgan fingerprint density at radius 2 is 1.70 bits per heavy atom. The zero-order chi connectivity index (χ0) is 22.1. The van der Waals surface area contributed by atoms with Crippen molar-refractivity contribution in [1.82, 2.24) is 10.6 Å². The molecule has 2 aromatic rings. The van der Waals surface area contributed by atoms with E-state index in [1.165, 1.54) is 0 Å². The Kier molecular flexibility index (Phi) is 8.81. The summed E-state index contributed by atoms with van der Waals surface area (Å²) in [6, 6.07) is 11.5. The fraction of sp³-hybridized carbons (Fsp3) is 0.435. The average Bonchev–Trinajstić information content (AvgIpc) is 2.69. The van der Waals surface area contributed by atoms with Crippen LogP contribution in [0.15, 0.2) is 36.4 Å². The van der Waals surface area contributed by atoms with E-state index in [0.29, 0.717) is 23.1 Å². The first kappa shape index (κ1) is 23.8. The summed E-state index contributed by atoms with van der Waals surface area (Å²) in [4.78, 5) is 12.0. The van der Waals surface area contributed by atoms with Crippen molar-refractivity contribution in [2.75, 3.05) is 27.4 Å². The van der Waals surface area contributed by atoms with Gasteiger partial charge in [0, 0.05) is 23.2 Å². The number of methoxy groups -OCH3 is 2. The van der Waals surface area contributed by atoms with Crippen molar-refractivity contribution in [3.05, 3.63) is 52.5 Å². The topological polar surface area (TPSA) is 68.8 Å². The first-order valence-electron chi connectivity index (χ1n) is 9.86. The molecule has 164 valence electrons. The average molecular weight is 435 g/mol. The number of hydrogen-bond acceptors (Lipinski definition) is 5. The van der Waals surface area contributed by atoms with Crippen LogP contribution in [0.4, 0.5) is 0 Å². The highest BCUT2D eigenvalue weighted by Gasteiger charge is 2.16. The van der Waals surface area contributed by atoms with Gasteiger partial charge in [-0.1, -0.05) is 29.8 Å². The Bertz CT molecular complexity index is 850. The summed E-state index contributed by atoms with van der Waals surface area (Å²) in [5.74, 6) is 1.65. The lowest BCUT2D eigenvalue weighted by Gasteiger charge is -2.21. The highest BCUT2D eigenvalue weighted by Crippen LogP contribution is 2.33. The molecule has 0 bridgehead atoms. The van der Waals surface area contributed by atoms with E-state index in [1.807, 2.05) is 45.0 Å². The maximum atomic E-state index is 12.0. The van der Waals surface area contributed by atoms with Crippen LogP contribution in [0.2, 0.25) is 5.02 Å². The van der Waals surface area contributed by atoms with Crippen LogP contribution in [0, 0.1) is 0 Å². The molecule has 0 unspecified atom stereocenters. The predicted molar refractivity (Wildman–Crippen MR) is 120 cm³/mol. The number of amides is 1. The van der Waals surface area contributed by atoms with Crippen LogP contribution in [0.3, 0.4) is 0 Å². The van der Waals surface area contributed by atoms with Gasteiger partial charge in [-0.2, -0.15) is 0 Å². The third kappa shape index (κ3) is 7.43. The molecule has 30 heavy (non-hydrogen) atoms. The lowest BCUT2D eigenvalue weighted by atomic mass is 10.1. The van der Waals surface area contributed by atoms with Gasteiger partial charge < -0.3 is 24.8 Å². The van der Waals surface area contributed by atoms with Gasteiger partial charge in [0.1, 0.15) is 5.75 Å². The van der Waals surface area contributed by atoms with Crippen molar-refractivity contribution >= 4 is 17.5 Å². The summed E-state index contributed by atoms with van der Waals surface area (Å²) < 4.78 is 16.4. The smallest absolute Gasteiger partial charge is 0.258 e. The molecule has 0 aromatic heterocycles. The van der Waals surface area contributed by atoms with Gasteiger partial charge in [0.25, 0.3) is 5.91 Å². The predicted octanol–water partition coefficient (Wildman–Crippen LogP) is 3.98. The van der Waals surface area contributed by atoms with Crippen molar-refractivity contribution in [2.45, 2.75) is 39.3 Å². The number of rotatable bonds is 10. The third-order valence-electron chi connectivity index (χ3n) is 4.28. The fourth-order valence-corrected chi connectivity index (χ4v) is 3.16. The van der Waals surface area contributed by atoms with Gasteiger partial charge in [0.2, 0.25) is 0 Å². The first-order valence-corrected chi connectivity index (χ1v) is 10.2. The second-order valence-corrected chi connectivity index (χ2v) is 8.33. The molecule has 1 amide bonds. The number of nitrogens with one attached hydrogen (secondary N) is 2.